The van der Waals surface area contributed by atoms with Crippen molar-refractivity contribution in [3.8, 4) is 0 Å². The number of rotatable bonds is 8. The summed E-state index contributed by atoms with van der Waals surface area (Å²) in [5, 5.41) is 0. The number of hydrogen-bond acceptors (Lipinski definition) is 4. The third-order valence-electron chi connectivity index (χ3n) is 1.46. The van der Waals surface area contributed by atoms with Crippen molar-refractivity contribution in [1.82, 2.24) is 0 Å². The Hall–Kier alpha value is 0.708. The molecule has 0 saturated carbocycles. The Kier molecular flexibility index (Phi) is 8.27. The van der Waals surface area contributed by atoms with Gasteiger partial charge in [0.1, 0.15) is 0 Å². The average Bonchev–Trinajstić information content (AvgIpc) is 1.98. The van der Waals surface area contributed by atoms with E-state index in [1.807, 2.05) is 6.92 Å². The molecule has 0 aromatic heterocycles. The molecule has 0 bridgehead atoms. The topological polar surface area (TPSA) is 36.9 Å². The Morgan fingerprint density at radius 3 is 1.25 bits per heavy atom. The first kappa shape index (κ1) is 16.7. The largest absolute Gasteiger partial charge is 0.647 e. The SMILES string of the molecule is CCO[Si](O[SiH](C)C)(O[SiH](C)C)O[SiH](C)C. The van der Waals surface area contributed by atoms with Crippen LogP contribution in [-0.2, 0) is 16.8 Å². The molecule has 0 amide bonds. The molecule has 4 nitrogen and oxygen atoms in total. The highest BCUT2D eigenvalue weighted by molar-refractivity contribution is 6.76. The first-order valence-electron chi connectivity index (χ1n) is 5.98. The standard InChI is InChI=1S/C8H26O4Si4/c1-8-9-16(10-13(2)3,11-14(4)5)12-15(6)7/h13-15H,8H2,1-7H3. The fourth-order valence-corrected chi connectivity index (χ4v) is 11.5. The van der Waals surface area contributed by atoms with Gasteiger partial charge in [-0.2, -0.15) is 0 Å². The fraction of sp³-hybridized carbons (Fsp3) is 1.00. The van der Waals surface area contributed by atoms with Gasteiger partial charge in [-0.25, -0.2) is 0 Å². The van der Waals surface area contributed by atoms with Crippen LogP contribution in [0.1, 0.15) is 6.92 Å². The van der Waals surface area contributed by atoms with Gasteiger partial charge in [0.2, 0.25) is 0 Å². The summed E-state index contributed by atoms with van der Waals surface area (Å²) in [4.78, 5) is 0. The van der Waals surface area contributed by atoms with E-state index in [0.29, 0.717) is 6.61 Å². The van der Waals surface area contributed by atoms with E-state index < -0.39 is 36.2 Å². The zero-order chi connectivity index (χ0) is 12.8. The van der Waals surface area contributed by atoms with Gasteiger partial charge in [-0.3, -0.25) is 0 Å². The van der Waals surface area contributed by atoms with Crippen LogP contribution < -0.4 is 0 Å². The summed E-state index contributed by atoms with van der Waals surface area (Å²) >= 11 is 0. The second-order valence-corrected chi connectivity index (χ2v) is 14.8. The van der Waals surface area contributed by atoms with Crippen LogP contribution in [0.5, 0.6) is 0 Å². The minimum Gasteiger partial charge on any atom is -0.398 e. The molecule has 0 atom stereocenters. The summed E-state index contributed by atoms with van der Waals surface area (Å²) in [6.45, 7) is 15.3. The van der Waals surface area contributed by atoms with Gasteiger partial charge in [0, 0.05) is 6.61 Å². The van der Waals surface area contributed by atoms with Crippen LogP contribution in [0.2, 0.25) is 39.3 Å². The summed E-state index contributed by atoms with van der Waals surface area (Å²) < 4.78 is 23.7. The van der Waals surface area contributed by atoms with Crippen molar-refractivity contribution in [2.45, 2.75) is 46.2 Å². The summed E-state index contributed by atoms with van der Waals surface area (Å²) in [6, 6.07) is 0. The van der Waals surface area contributed by atoms with E-state index in [-0.39, 0.29) is 0 Å². The second-order valence-electron chi connectivity index (χ2n) is 4.43. The van der Waals surface area contributed by atoms with Crippen LogP contribution in [0, 0.1) is 0 Å². The van der Waals surface area contributed by atoms with Gasteiger partial charge in [0.25, 0.3) is 0 Å². The van der Waals surface area contributed by atoms with E-state index >= 15 is 0 Å². The Morgan fingerprint density at radius 2 is 1.06 bits per heavy atom. The van der Waals surface area contributed by atoms with Crippen molar-refractivity contribution >= 4 is 36.2 Å². The van der Waals surface area contributed by atoms with Crippen molar-refractivity contribution in [2.24, 2.45) is 0 Å². The molecule has 0 unspecified atom stereocenters. The lowest BCUT2D eigenvalue weighted by Gasteiger charge is -2.33. The van der Waals surface area contributed by atoms with Gasteiger partial charge >= 0.3 is 9.05 Å². The van der Waals surface area contributed by atoms with E-state index in [1.54, 1.807) is 0 Å². The minimum atomic E-state index is -2.80. The molecule has 0 rings (SSSR count). The van der Waals surface area contributed by atoms with Crippen LogP contribution in [0.15, 0.2) is 0 Å². The van der Waals surface area contributed by atoms with Crippen LogP contribution in [0.3, 0.4) is 0 Å². The maximum absolute atomic E-state index is 5.98. The van der Waals surface area contributed by atoms with Crippen LogP contribution in [-0.4, -0.2) is 42.8 Å². The summed E-state index contributed by atoms with van der Waals surface area (Å²) in [5.74, 6) is 0. The van der Waals surface area contributed by atoms with Crippen LogP contribution >= 0.6 is 0 Å². The molecule has 0 fully saturated rings. The van der Waals surface area contributed by atoms with Crippen molar-refractivity contribution in [3.63, 3.8) is 0 Å². The maximum atomic E-state index is 5.98. The molecule has 16 heavy (non-hydrogen) atoms. The van der Waals surface area contributed by atoms with Gasteiger partial charge in [-0.1, -0.05) is 0 Å². The molecule has 0 radical (unpaired) electrons. The highest BCUT2D eigenvalue weighted by Gasteiger charge is 2.46. The third-order valence-corrected chi connectivity index (χ3v) is 11.2. The van der Waals surface area contributed by atoms with Crippen molar-refractivity contribution in [3.05, 3.63) is 0 Å². The van der Waals surface area contributed by atoms with E-state index in [4.69, 9.17) is 16.8 Å². The second kappa shape index (κ2) is 7.92. The van der Waals surface area contributed by atoms with Gasteiger partial charge in [-0.15, -0.1) is 0 Å². The molecule has 0 spiro atoms. The summed E-state index contributed by atoms with van der Waals surface area (Å²) in [6.07, 6.45) is 0. The maximum Gasteiger partial charge on any atom is 0.647 e. The fourth-order valence-electron chi connectivity index (χ4n) is 1.23. The van der Waals surface area contributed by atoms with Crippen molar-refractivity contribution in [2.75, 3.05) is 6.61 Å². The van der Waals surface area contributed by atoms with Crippen molar-refractivity contribution in [1.29, 1.82) is 0 Å². The van der Waals surface area contributed by atoms with Crippen LogP contribution in [0.25, 0.3) is 0 Å². The minimum absolute atomic E-state index is 0.593. The molecule has 0 aromatic carbocycles. The average molecular weight is 299 g/mol. The third kappa shape index (κ3) is 7.12. The molecule has 0 aliphatic rings. The Balaban J connectivity index is 4.72. The first-order chi connectivity index (χ1) is 7.31. The van der Waals surface area contributed by atoms with E-state index in [2.05, 4.69) is 39.3 Å². The first-order valence-corrected chi connectivity index (χ1v) is 16.0. The molecular formula is C8H26O4Si4. The van der Waals surface area contributed by atoms with Gasteiger partial charge < -0.3 is 16.8 Å². The molecule has 0 aliphatic heterocycles. The lowest BCUT2D eigenvalue weighted by atomic mass is 10.9. The molecule has 8 heteroatoms. The predicted octanol–water partition coefficient (Wildman–Crippen LogP) is 1.46. The Bertz CT molecular complexity index is 162. The molecule has 0 saturated heterocycles. The normalized spacial score (nSPS) is 13.1. The quantitative estimate of drug-likeness (QED) is 0.636. The molecule has 0 aromatic rings. The van der Waals surface area contributed by atoms with Gasteiger partial charge in [-0.05, 0) is 46.2 Å². The molecule has 0 aliphatic carbocycles. The summed E-state index contributed by atoms with van der Waals surface area (Å²) in [7, 11) is -6.44. The van der Waals surface area contributed by atoms with Crippen LogP contribution in [0.4, 0.5) is 0 Å². The van der Waals surface area contributed by atoms with Crippen molar-refractivity contribution < 1.29 is 16.8 Å². The highest BCUT2D eigenvalue weighted by Crippen LogP contribution is 2.16. The molecule has 98 valence electrons. The Labute approximate surface area is 106 Å². The zero-order valence-corrected chi connectivity index (χ0v) is 16.0. The zero-order valence-electron chi connectivity index (χ0n) is 11.6. The lowest BCUT2D eigenvalue weighted by Crippen LogP contribution is -2.55. The monoisotopic (exact) mass is 298 g/mol. The lowest BCUT2D eigenvalue weighted by molar-refractivity contribution is 0.0974. The smallest absolute Gasteiger partial charge is 0.398 e. The van der Waals surface area contributed by atoms with E-state index in [1.165, 1.54) is 0 Å². The molecule has 0 N–H and O–H groups in total. The number of hydrogen-bond donors (Lipinski definition) is 0. The van der Waals surface area contributed by atoms with E-state index in [0.717, 1.165) is 0 Å². The summed E-state index contributed by atoms with van der Waals surface area (Å²) in [5.41, 5.74) is 0. The van der Waals surface area contributed by atoms with Gasteiger partial charge in [0.05, 0.1) is 0 Å². The van der Waals surface area contributed by atoms with E-state index in [9.17, 15) is 0 Å². The highest BCUT2D eigenvalue weighted by atomic mass is 28.5. The molecule has 0 heterocycles. The van der Waals surface area contributed by atoms with Gasteiger partial charge in [0.15, 0.2) is 27.1 Å². The Morgan fingerprint density at radius 1 is 0.750 bits per heavy atom. The predicted molar refractivity (Wildman–Crippen MR) is 77.3 cm³/mol. The molecular weight excluding hydrogens is 272 g/mol.